The molecule has 0 amide bonds. The quantitative estimate of drug-likeness (QED) is 0.543. The molecule has 1 saturated heterocycles. The molecule has 0 bridgehead atoms. The van der Waals surface area contributed by atoms with Gasteiger partial charge in [-0.2, -0.15) is 5.10 Å². The molecule has 28 heavy (non-hydrogen) atoms. The molecule has 0 radical (unpaired) electrons. The van der Waals surface area contributed by atoms with Crippen molar-refractivity contribution in [2.75, 3.05) is 30.0 Å². The zero-order valence-electron chi connectivity index (χ0n) is 15.5. The first-order chi connectivity index (χ1) is 13.3. The number of ether oxygens (including phenoxy) is 1. The van der Waals surface area contributed by atoms with Crippen molar-refractivity contribution in [2.45, 2.75) is 13.8 Å². The van der Waals surface area contributed by atoms with Crippen LogP contribution in [0.15, 0.2) is 47.6 Å². The summed E-state index contributed by atoms with van der Waals surface area (Å²) in [6.45, 7) is 4.61. The van der Waals surface area contributed by atoms with Gasteiger partial charge in [0.2, 0.25) is 0 Å². The van der Waals surface area contributed by atoms with Gasteiger partial charge in [0.05, 0.1) is 34.6 Å². The highest BCUT2D eigenvalue weighted by Gasteiger charge is 2.47. The summed E-state index contributed by atoms with van der Waals surface area (Å²) in [5.41, 5.74) is 4.06. The number of carbonyl (C=O) groups is 1. The molecule has 0 aliphatic carbocycles. The lowest BCUT2D eigenvalue weighted by Gasteiger charge is -2.23. The molecule has 1 atom stereocenters. The third kappa shape index (κ3) is 4.23. The van der Waals surface area contributed by atoms with E-state index in [1.54, 1.807) is 44.2 Å². The summed E-state index contributed by atoms with van der Waals surface area (Å²) in [6, 6.07) is 11.2. The minimum atomic E-state index is -0.937. The molecule has 1 aliphatic rings. The molecular weight excluding hydrogens is 404 g/mol. The normalized spacial score (nSPS) is 20.5. The van der Waals surface area contributed by atoms with E-state index in [9.17, 15) is 9.18 Å². The number of esters is 1. The Kier molecular flexibility index (Phi) is 6.10. The van der Waals surface area contributed by atoms with E-state index in [0.29, 0.717) is 34.5 Å². The van der Waals surface area contributed by atoms with Crippen LogP contribution in [-0.2, 0) is 9.53 Å². The first kappa shape index (κ1) is 20.4. The zero-order chi connectivity index (χ0) is 20.3. The predicted molar refractivity (Wildman–Crippen MR) is 111 cm³/mol. The summed E-state index contributed by atoms with van der Waals surface area (Å²) >= 11 is 12.0. The summed E-state index contributed by atoms with van der Waals surface area (Å²) in [6.07, 6.45) is 0. The summed E-state index contributed by atoms with van der Waals surface area (Å²) in [5.74, 6) is -0.666. The van der Waals surface area contributed by atoms with Gasteiger partial charge in [-0.15, -0.1) is 0 Å². The number of rotatable bonds is 5. The van der Waals surface area contributed by atoms with Crippen molar-refractivity contribution < 1.29 is 13.9 Å². The van der Waals surface area contributed by atoms with Crippen LogP contribution in [0.1, 0.15) is 13.8 Å². The molecule has 148 valence electrons. The molecule has 1 fully saturated rings. The Bertz CT molecular complexity index is 905. The second-order valence-electron chi connectivity index (χ2n) is 6.68. The number of hydrazone groups is 1. The number of anilines is 2. The highest BCUT2D eigenvalue weighted by Crippen LogP contribution is 2.33. The number of nitrogens with zero attached hydrogens (tertiary/aromatic N) is 2. The van der Waals surface area contributed by atoms with Gasteiger partial charge in [0, 0.05) is 12.2 Å². The van der Waals surface area contributed by atoms with E-state index >= 15 is 0 Å². The van der Waals surface area contributed by atoms with E-state index in [-0.39, 0.29) is 18.4 Å². The monoisotopic (exact) mass is 423 g/mol. The highest BCUT2D eigenvalue weighted by atomic mass is 35.5. The molecule has 2 aromatic carbocycles. The van der Waals surface area contributed by atoms with Crippen LogP contribution in [0.25, 0.3) is 0 Å². The summed E-state index contributed by atoms with van der Waals surface area (Å²) in [5, 5.41) is 5.31. The van der Waals surface area contributed by atoms with Gasteiger partial charge in [-0.1, -0.05) is 23.2 Å². The lowest BCUT2D eigenvalue weighted by Crippen LogP contribution is -2.38. The fourth-order valence-electron chi connectivity index (χ4n) is 3.05. The molecule has 3 rings (SSSR count). The molecule has 1 heterocycles. The fourth-order valence-corrected chi connectivity index (χ4v) is 3.35. The van der Waals surface area contributed by atoms with Crippen molar-refractivity contribution in [2.24, 2.45) is 10.5 Å². The predicted octanol–water partition coefficient (Wildman–Crippen LogP) is 4.99. The minimum absolute atomic E-state index is 0.276. The Hall–Kier alpha value is -2.31. The Balaban J connectivity index is 1.89. The maximum absolute atomic E-state index is 13.3. The molecular formula is C20H20Cl2FN3O2. The van der Waals surface area contributed by atoms with Gasteiger partial charge >= 0.3 is 5.97 Å². The standard InChI is InChI=1S/C20H20Cl2FN3O2/c1-3-28-19(27)20(2)12-26(15-7-4-13(23)5-8-15)11-18(20)25-24-14-6-9-16(21)17(22)10-14/h4-10,24H,3,11-12H2,1-2H3/b25-18+. The zero-order valence-corrected chi connectivity index (χ0v) is 17.0. The van der Waals surface area contributed by atoms with E-state index < -0.39 is 5.41 Å². The van der Waals surface area contributed by atoms with E-state index in [1.807, 2.05) is 4.90 Å². The number of carbonyl (C=O) groups excluding carboxylic acids is 1. The Morgan fingerprint density at radius 3 is 2.61 bits per heavy atom. The smallest absolute Gasteiger partial charge is 0.319 e. The van der Waals surface area contributed by atoms with Crippen LogP contribution in [0.4, 0.5) is 15.8 Å². The molecule has 1 aliphatic heterocycles. The summed E-state index contributed by atoms with van der Waals surface area (Å²) in [4.78, 5) is 14.6. The number of hydrogen-bond acceptors (Lipinski definition) is 5. The van der Waals surface area contributed by atoms with Crippen molar-refractivity contribution in [3.63, 3.8) is 0 Å². The van der Waals surface area contributed by atoms with E-state index in [1.165, 1.54) is 12.1 Å². The van der Waals surface area contributed by atoms with Gasteiger partial charge in [-0.05, 0) is 56.3 Å². The van der Waals surface area contributed by atoms with Crippen LogP contribution in [0.2, 0.25) is 10.0 Å². The first-order valence-corrected chi connectivity index (χ1v) is 9.55. The summed E-state index contributed by atoms with van der Waals surface area (Å²) < 4.78 is 18.5. The van der Waals surface area contributed by atoms with E-state index in [0.717, 1.165) is 5.69 Å². The van der Waals surface area contributed by atoms with Crippen molar-refractivity contribution in [3.8, 4) is 0 Å². The second-order valence-corrected chi connectivity index (χ2v) is 7.50. The van der Waals surface area contributed by atoms with Crippen LogP contribution >= 0.6 is 23.2 Å². The van der Waals surface area contributed by atoms with Crippen LogP contribution in [0.3, 0.4) is 0 Å². The van der Waals surface area contributed by atoms with E-state index in [2.05, 4.69) is 10.5 Å². The lowest BCUT2D eigenvalue weighted by atomic mass is 9.88. The second kappa shape index (κ2) is 8.37. The molecule has 1 unspecified atom stereocenters. The molecule has 0 aromatic heterocycles. The summed E-state index contributed by atoms with van der Waals surface area (Å²) in [7, 11) is 0. The average molecular weight is 424 g/mol. The van der Waals surface area contributed by atoms with Gasteiger partial charge in [-0.3, -0.25) is 10.2 Å². The van der Waals surface area contributed by atoms with Gasteiger partial charge in [0.1, 0.15) is 11.2 Å². The lowest BCUT2D eigenvalue weighted by molar-refractivity contribution is -0.149. The number of halogens is 3. The van der Waals surface area contributed by atoms with Crippen molar-refractivity contribution >= 4 is 46.3 Å². The highest BCUT2D eigenvalue weighted by molar-refractivity contribution is 6.42. The number of benzene rings is 2. The largest absolute Gasteiger partial charge is 0.465 e. The van der Waals surface area contributed by atoms with Crippen molar-refractivity contribution in [1.82, 2.24) is 0 Å². The average Bonchev–Trinajstić information content (AvgIpc) is 3.01. The van der Waals surface area contributed by atoms with Crippen molar-refractivity contribution in [3.05, 3.63) is 58.3 Å². The Morgan fingerprint density at radius 1 is 1.25 bits per heavy atom. The van der Waals surface area contributed by atoms with Gasteiger partial charge in [0.25, 0.3) is 0 Å². The van der Waals surface area contributed by atoms with Gasteiger partial charge < -0.3 is 9.64 Å². The topological polar surface area (TPSA) is 53.9 Å². The molecule has 5 nitrogen and oxygen atoms in total. The third-order valence-corrected chi connectivity index (χ3v) is 5.38. The van der Waals surface area contributed by atoms with E-state index in [4.69, 9.17) is 27.9 Å². The Labute approximate surface area is 173 Å². The maximum Gasteiger partial charge on any atom is 0.319 e. The maximum atomic E-state index is 13.3. The molecule has 8 heteroatoms. The minimum Gasteiger partial charge on any atom is -0.465 e. The van der Waals surface area contributed by atoms with Crippen LogP contribution in [0.5, 0.6) is 0 Å². The van der Waals surface area contributed by atoms with Gasteiger partial charge in [-0.25, -0.2) is 4.39 Å². The molecule has 0 spiro atoms. The molecule has 1 N–H and O–H groups in total. The third-order valence-electron chi connectivity index (χ3n) is 4.64. The SMILES string of the molecule is CCOC(=O)C1(C)CN(c2ccc(F)cc2)C/C1=N\Nc1ccc(Cl)c(Cl)c1. The van der Waals surface area contributed by atoms with Crippen LogP contribution in [0, 0.1) is 11.2 Å². The number of nitrogens with one attached hydrogen (secondary N) is 1. The van der Waals surface area contributed by atoms with Crippen LogP contribution in [-0.4, -0.2) is 31.4 Å². The Morgan fingerprint density at radius 2 is 1.96 bits per heavy atom. The van der Waals surface area contributed by atoms with Crippen molar-refractivity contribution in [1.29, 1.82) is 0 Å². The van der Waals surface area contributed by atoms with Gasteiger partial charge in [0.15, 0.2) is 0 Å². The fraction of sp³-hybridized carbons (Fsp3) is 0.300. The number of hydrogen-bond donors (Lipinski definition) is 1. The first-order valence-electron chi connectivity index (χ1n) is 8.79. The molecule has 0 saturated carbocycles. The molecule has 2 aromatic rings. The van der Waals surface area contributed by atoms with Crippen LogP contribution < -0.4 is 10.3 Å².